The van der Waals surface area contributed by atoms with Crippen molar-refractivity contribution in [2.75, 3.05) is 31.6 Å². The summed E-state index contributed by atoms with van der Waals surface area (Å²) in [7, 11) is 0. The number of nitrogens with zero attached hydrogens (tertiary/aromatic N) is 1. The normalized spacial score (nSPS) is 11.9. The molecule has 1 aromatic heterocycles. The number of aromatic nitrogens is 1. The summed E-state index contributed by atoms with van der Waals surface area (Å²) in [5, 5.41) is 8.61. The van der Waals surface area contributed by atoms with Gasteiger partial charge in [-0.3, -0.25) is 4.99 Å². The number of guanidine groups is 1. The highest BCUT2D eigenvalue weighted by atomic mass is 35.5. The van der Waals surface area contributed by atoms with Crippen LogP contribution in [0.25, 0.3) is 10.9 Å². The van der Waals surface area contributed by atoms with E-state index >= 15 is 0 Å². The van der Waals surface area contributed by atoms with Crippen molar-refractivity contribution in [2.24, 2.45) is 4.99 Å². The maximum atomic E-state index is 6.08. The van der Waals surface area contributed by atoms with Crippen LogP contribution in [-0.4, -0.2) is 42.6 Å². The molecule has 0 saturated heterocycles. The van der Waals surface area contributed by atoms with Crippen molar-refractivity contribution in [1.29, 1.82) is 0 Å². The molecule has 2 aromatic rings. The summed E-state index contributed by atoms with van der Waals surface area (Å²) in [4.78, 5) is 7.83. The number of fused-ring (bicyclic) bond motifs is 1. The maximum Gasteiger partial charge on any atom is 0.191 e. The summed E-state index contributed by atoms with van der Waals surface area (Å²) in [6.45, 7) is 4.62. The second kappa shape index (κ2) is 8.96. The summed E-state index contributed by atoms with van der Waals surface area (Å²) >= 11 is 7.89. The molecule has 1 heterocycles. The van der Waals surface area contributed by atoms with Crippen LogP contribution in [0.1, 0.15) is 12.5 Å². The van der Waals surface area contributed by atoms with E-state index in [2.05, 4.69) is 40.0 Å². The van der Waals surface area contributed by atoms with Gasteiger partial charge >= 0.3 is 0 Å². The predicted octanol–water partition coefficient (Wildman–Crippen LogP) is 3.28. The fraction of sp³-hybridized carbons (Fsp3) is 0.438. The summed E-state index contributed by atoms with van der Waals surface area (Å²) in [6, 6.07) is 5.94. The van der Waals surface area contributed by atoms with Crippen LogP contribution in [0.2, 0.25) is 5.02 Å². The number of thioether (sulfide) groups is 1. The van der Waals surface area contributed by atoms with Gasteiger partial charge in [0.1, 0.15) is 0 Å². The largest absolute Gasteiger partial charge is 0.361 e. The summed E-state index contributed by atoms with van der Waals surface area (Å²) < 4.78 is 0. The molecule has 0 spiro atoms. The number of halogens is 1. The van der Waals surface area contributed by atoms with Gasteiger partial charge in [-0.15, -0.1) is 0 Å². The first-order valence-corrected chi connectivity index (χ1v) is 9.28. The molecule has 22 heavy (non-hydrogen) atoms. The van der Waals surface area contributed by atoms with Crippen molar-refractivity contribution in [2.45, 2.75) is 13.3 Å². The molecular formula is C16H23ClN4S. The zero-order chi connectivity index (χ0) is 15.8. The lowest BCUT2D eigenvalue weighted by atomic mass is 10.1. The number of hydrogen-bond acceptors (Lipinski definition) is 2. The Morgan fingerprint density at radius 2 is 2.23 bits per heavy atom. The van der Waals surface area contributed by atoms with Gasteiger partial charge in [-0.1, -0.05) is 11.6 Å². The van der Waals surface area contributed by atoms with E-state index in [9.17, 15) is 0 Å². The van der Waals surface area contributed by atoms with E-state index in [1.807, 2.05) is 30.0 Å². The fourth-order valence-corrected chi connectivity index (χ4v) is 2.71. The van der Waals surface area contributed by atoms with Gasteiger partial charge in [0, 0.05) is 41.0 Å². The molecule has 2 rings (SSSR count). The van der Waals surface area contributed by atoms with Crippen LogP contribution >= 0.6 is 23.4 Å². The Morgan fingerprint density at radius 1 is 1.36 bits per heavy atom. The molecule has 0 unspecified atom stereocenters. The van der Waals surface area contributed by atoms with Crippen LogP contribution in [0.4, 0.5) is 0 Å². The van der Waals surface area contributed by atoms with Gasteiger partial charge in [0.15, 0.2) is 5.96 Å². The molecular weight excluding hydrogens is 316 g/mol. The average molecular weight is 339 g/mol. The number of nitrogens with one attached hydrogen (secondary N) is 3. The van der Waals surface area contributed by atoms with Gasteiger partial charge in [-0.25, -0.2) is 0 Å². The van der Waals surface area contributed by atoms with Crippen molar-refractivity contribution in [3.8, 4) is 0 Å². The molecule has 120 valence electrons. The Labute approximate surface area is 141 Å². The third-order valence-electron chi connectivity index (χ3n) is 3.33. The van der Waals surface area contributed by atoms with Gasteiger partial charge in [-0.05, 0) is 43.4 Å². The topological polar surface area (TPSA) is 52.2 Å². The van der Waals surface area contributed by atoms with E-state index in [1.54, 1.807) is 0 Å². The van der Waals surface area contributed by atoms with Gasteiger partial charge in [0.2, 0.25) is 0 Å². The van der Waals surface area contributed by atoms with E-state index in [1.165, 1.54) is 10.9 Å². The minimum absolute atomic E-state index is 0.772. The average Bonchev–Trinajstić information content (AvgIpc) is 2.90. The molecule has 3 N–H and O–H groups in total. The van der Waals surface area contributed by atoms with Crippen LogP contribution in [0.5, 0.6) is 0 Å². The van der Waals surface area contributed by atoms with Crippen molar-refractivity contribution >= 4 is 40.2 Å². The number of aromatic amines is 1. The summed E-state index contributed by atoms with van der Waals surface area (Å²) in [5.41, 5.74) is 2.39. The Bertz CT molecular complexity index is 624. The summed E-state index contributed by atoms with van der Waals surface area (Å²) in [6.07, 6.45) is 5.08. The van der Waals surface area contributed by atoms with E-state index in [0.29, 0.717) is 0 Å². The Kier molecular flexibility index (Phi) is 6.93. The lowest BCUT2D eigenvalue weighted by molar-refractivity contribution is 0.806. The van der Waals surface area contributed by atoms with E-state index in [0.717, 1.165) is 48.3 Å². The molecule has 0 atom stereocenters. The lowest BCUT2D eigenvalue weighted by Crippen LogP contribution is -2.38. The molecule has 1 aromatic carbocycles. The van der Waals surface area contributed by atoms with Crippen molar-refractivity contribution in [3.05, 3.63) is 35.0 Å². The third-order valence-corrected chi connectivity index (χ3v) is 4.15. The van der Waals surface area contributed by atoms with Crippen LogP contribution in [0.15, 0.2) is 29.4 Å². The number of rotatable bonds is 7. The Hall–Kier alpha value is -1.33. The minimum Gasteiger partial charge on any atom is -0.361 e. The van der Waals surface area contributed by atoms with Gasteiger partial charge in [0.05, 0.1) is 6.54 Å². The van der Waals surface area contributed by atoms with Crippen LogP contribution in [-0.2, 0) is 6.42 Å². The van der Waals surface area contributed by atoms with E-state index < -0.39 is 0 Å². The molecule has 0 radical (unpaired) electrons. The maximum absolute atomic E-state index is 6.08. The van der Waals surface area contributed by atoms with Crippen LogP contribution < -0.4 is 10.6 Å². The first-order chi connectivity index (χ1) is 10.7. The number of aliphatic imine (C=N–C) groups is 1. The van der Waals surface area contributed by atoms with Crippen molar-refractivity contribution in [3.63, 3.8) is 0 Å². The first-order valence-electron chi connectivity index (χ1n) is 7.51. The van der Waals surface area contributed by atoms with E-state index in [-0.39, 0.29) is 0 Å². The lowest BCUT2D eigenvalue weighted by Gasteiger charge is -2.10. The molecule has 0 aliphatic heterocycles. The molecule has 6 heteroatoms. The van der Waals surface area contributed by atoms with Gasteiger partial charge < -0.3 is 15.6 Å². The first kappa shape index (κ1) is 17.0. The standard InChI is InChI=1S/C16H23ClN4S/c1-3-18-16(20-8-9-22-2)19-7-6-12-11-21-15-5-4-13(17)10-14(12)15/h4-5,10-11,21H,3,6-9H2,1-2H3,(H2,18,19,20). The van der Waals surface area contributed by atoms with Crippen LogP contribution in [0.3, 0.4) is 0 Å². The molecule has 0 saturated carbocycles. The fourth-order valence-electron chi connectivity index (χ4n) is 2.26. The molecule has 4 nitrogen and oxygen atoms in total. The Morgan fingerprint density at radius 3 is 3.00 bits per heavy atom. The van der Waals surface area contributed by atoms with Crippen molar-refractivity contribution < 1.29 is 0 Å². The highest BCUT2D eigenvalue weighted by molar-refractivity contribution is 7.98. The smallest absolute Gasteiger partial charge is 0.191 e. The zero-order valence-electron chi connectivity index (χ0n) is 13.1. The van der Waals surface area contributed by atoms with E-state index in [4.69, 9.17) is 11.6 Å². The summed E-state index contributed by atoms with van der Waals surface area (Å²) in [5.74, 6) is 1.92. The molecule has 0 bridgehead atoms. The second-order valence-corrected chi connectivity index (χ2v) is 6.36. The van der Waals surface area contributed by atoms with Gasteiger partial charge in [-0.2, -0.15) is 11.8 Å². The number of hydrogen-bond donors (Lipinski definition) is 3. The second-order valence-electron chi connectivity index (χ2n) is 4.93. The van der Waals surface area contributed by atoms with Crippen molar-refractivity contribution in [1.82, 2.24) is 15.6 Å². The molecule has 0 fully saturated rings. The third kappa shape index (κ3) is 4.85. The SMILES string of the molecule is CCNC(=NCCSC)NCCc1c[nH]c2ccc(Cl)cc12. The van der Waals surface area contributed by atoms with Crippen LogP contribution in [0, 0.1) is 0 Å². The monoisotopic (exact) mass is 338 g/mol. The number of benzene rings is 1. The molecule has 0 amide bonds. The Balaban J connectivity index is 1.93. The molecule has 0 aliphatic rings. The predicted molar refractivity (Wildman–Crippen MR) is 99.4 cm³/mol. The molecule has 0 aliphatic carbocycles. The highest BCUT2D eigenvalue weighted by Gasteiger charge is 2.04. The number of H-pyrrole nitrogens is 1. The quantitative estimate of drug-likeness (QED) is 0.412. The minimum atomic E-state index is 0.772. The highest BCUT2D eigenvalue weighted by Crippen LogP contribution is 2.22. The zero-order valence-corrected chi connectivity index (χ0v) is 14.7. The van der Waals surface area contributed by atoms with Gasteiger partial charge in [0.25, 0.3) is 0 Å².